The van der Waals surface area contributed by atoms with Gasteiger partial charge in [-0.05, 0) is 63.0 Å². The lowest BCUT2D eigenvalue weighted by Gasteiger charge is -2.24. The van der Waals surface area contributed by atoms with Gasteiger partial charge in [-0.25, -0.2) is 0 Å². The minimum atomic E-state index is 0.212. The Kier molecular flexibility index (Phi) is 4.05. The summed E-state index contributed by atoms with van der Waals surface area (Å²) in [5.41, 5.74) is 3.84. The summed E-state index contributed by atoms with van der Waals surface area (Å²) in [6.45, 7) is 2.32. The summed E-state index contributed by atoms with van der Waals surface area (Å²) >= 11 is 0. The Balaban J connectivity index is 1.65. The molecule has 2 aliphatic carbocycles. The Bertz CT molecular complexity index is 598. The van der Waals surface area contributed by atoms with Crippen LogP contribution in [0.2, 0.25) is 0 Å². The minimum absolute atomic E-state index is 0.212. The quantitative estimate of drug-likeness (QED) is 0.906. The van der Waals surface area contributed by atoms with E-state index in [1.807, 2.05) is 4.57 Å². The fourth-order valence-corrected chi connectivity index (χ4v) is 3.80. The molecule has 0 spiro atoms. The molecular weight excluding hydrogens is 276 g/mol. The van der Waals surface area contributed by atoms with Crippen LogP contribution < -0.4 is 10.9 Å². The smallest absolute Gasteiger partial charge is 0.255 e. The van der Waals surface area contributed by atoms with Gasteiger partial charge in [-0.1, -0.05) is 0 Å². The van der Waals surface area contributed by atoms with Gasteiger partial charge in [0.1, 0.15) is 0 Å². The Morgan fingerprint density at radius 1 is 1.18 bits per heavy atom. The molecule has 0 aromatic carbocycles. The molecule has 4 nitrogen and oxygen atoms in total. The van der Waals surface area contributed by atoms with Crippen molar-refractivity contribution in [3.63, 3.8) is 0 Å². The Labute approximate surface area is 131 Å². The third-order valence-corrected chi connectivity index (χ3v) is 5.24. The van der Waals surface area contributed by atoms with Gasteiger partial charge in [0.25, 0.3) is 5.56 Å². The second-order valence-corrected chi connectivity index (χ2v) is 7.05. The van der Waals surface area contributed by atoms with Crippen LogP contribution in [0.3, 0.4) is 0 Å². The zero-order valence-electron chi connectivity index (χ0n) is 13.3. The highest BCUT2D eigenvalue weighted by molar-refractivity contribution is 5.29. The van der Waals surface area contributed by atoms with Gasteiger partial charge in [0.2, 0.25) is 0 Å². The summed E-state index contributed by atoms with van der Waals surface area (Å²) in [4.78, 5) is 12.9. The highest BCUT2D eigenvalue weighted by Gasteiger charge is 2.24. The number of aromatic nitrogens is 1. The van der Waals surface area contributed by atoms with Gasteiger partial charge in [-0.2, -0.15) is 0 Å². The average molecular weight is 302 g/mol. The molecule has 1 aromatic rings. The molecule has 1 saturated heterocycles. The van der Waals surface area contributed by atoms with Crippen LogP contribution in [0.5, 0.6) is 0 Å². The number of ether oxygens (including phenoxy) is 1. The van der Waals surface area contributed by atoms with Crippen molar-refractivity contribution in [2.75, 3.05) is 6.61 Å². The second-order valence-electron chi connectivity index (χ2n) is 7.05. The Hall–Kier alpha value is -1.13. The SMILES string of the molecule is O=c1c(CNC2CC2)cc2c(n1CC1CCCO1)CCCC2. The predicted octanol–water partition coefficient (Wildman–Crippen LogP) is 2.16. The molecule has 1 aliphatic heterocycles. The van der Waals surface area contributed by atoms with Crippen LogP contribution in [-0.2, 0) is 30.7 Å². The molecular formula is C18H26N2O2. The maximum atomic E-state index is 12.9. The molecule has 1 saturated carbocycles. The monoisotopic (exact) mass is 302 g/mol. The normalized spacial score (nSPS) is 24.5. The van der Waals surface area contributed by atoms with Crippen LogP contribution in [0, 0.1) is 0 Å². The molecule has 0 radical (unpaired) electrons. The van der Waals surface area contributed by atoms with Crippen molar-refractivity contribution in [2.45, 2.75) is 76.6 Å². The molecule has 1 atom stereocenters. The molecule has 120 valence electrons. The number of nitrogens with zero attached hydrogens (tertiary/aromatic N) is 1. The molecule has 4 heteroatoms. The number of nitrogens with one attached hydrogen (secondary N) is 1. The van der Waals surface area contributed by atoms with E-state index in [2.05, 4.69) is 11.4 Å². The van der Waals surface area contributed by atoms with Gasteiger partial charge in [-0.3, -0.25) is 4.79 Å². The van der Waals surface area contributed by atoms with Gasteiger partial charge in [0.15, 0.2) is 0 Å². The molecule has 3 aliphatic rings. The standard InChI is InChI=1S/C18H26N2O2/c21-18-14(11-19-15-7-8-15)10-13-4-1-2-6-17(13)20(18)12-16-5-3-9-22-16/h10,15-16,19H,1-9,11-12H2. The molecule has 22 heavy (non-hydrogen) atoms. The first-order valence-corrected chi connectivity index (χ1v) is 8.91. The number of fused-ring (bicyclic) bond motifs is 1. The predicted molar refractivity (Wildman–Crippen MR) is 86.2 cm³/mol. The van der Waals surface area contributed by atoms with Crippen molar-refractivity contribution >= 4 is 0 Å². The van der Waals surface area contributed by atoms with E-state index in [-0.39, 0.29) is 11.7 Å². The van der Waals surface area contributed by atoms with Gasteiger partial charge in [-0.15, -0.1) is 0 Å². The van der Waals surface area contributed by atoms with Crippen LogP contribution in [0.4, 0.5) is 0 Å². The van der Waals surface area contributed by atoms with Crippen LogP contribution in [0.25, 0.3) is 0 Å². The molecule has 1 N–H and O–H groups in total. The van der Waals surface area contributed by atoms with E-state index in [4.69, 9.17) is 4.74 Å². The van der Waals surface area contributed by atoms with E-state index in [0.717, 1.165) is 50.9 Å². The average Bonchev–Trinajstić information content (AvgIpc) is 3.23. The van der Waals surface area contributed by atoms with Crippen LogP contribution in [-0.4, -0.2) is 23.3 Å². The van der Waals surface area contributed by atoms with Crippen molar-refractivity contribution < 1.29 is 4.74 Å². The lowest BCUT2D eigenvalue weighted by atomic mass is 9.94. The Morgan fingerprint density at radius 2 is 2.05 bits per heavy atom. The maximum Gasteiger partial charge on any atom is 0.255 e. The van der Waals surface area contributed by atoms with Crippen LogP contribution >= 0.6 is 0 Å². The van der Waals surface area contributed by atoms with Crippen molar-refractivity contribution in [3.8, 4) is 0 Å². The van der Waals surface area contributed by atoms with E-state index < -0.39 is 0 Å². The van der Waals surface area contributed by atoms with E-state index >= 15 is 0 Å². The summed E-state index contributed by atoms with van der Waals surface area (Å²) < 4.78 is 7.83. The molecule has 1 unspecified atom stereocenters. The third-order valence-electron chi connectivity index (χ3n) is 5.24. The Morgan fingerprint density at radius 3 is 2.82 bits per heavy atom. The highest BCUT2D eigenvalue weighted by Crippen LogP contribution is 2.24. The third kappa shape index (κ3) is 2.99. The zero-order valence-corrected chi connectivity index (χ0v) is 13.3. The lowest BCUT2D eigenvalue weighted by molar-refractivity contribution is 0.0951. The minimum Gasteiger partial charge on any atom is -0.376 e. The molecule has 0 amide bonds. The number of pyridine rings is 1. The largest absolute Gasteiger partial charge is 0.376 e. The number of hydrogen-bond acceptors (Lipinski definition) is 3. The fraction of sp³-hybridized carbons (Fsp3) is 0.722. The maximum absolute atomic E-state index is 12.9. The first-order valence-electron chi connectivity index (χ1n) is 8.91. The zero-order chi connectivity index (χ0) is 14.9. The van der Waals surface area contributed by atoms with Crippen molar-refractivity contribution in [1.29, 1.82) is 0 Å². The summed E-state index contributed by atoms with van der Waals surface area (Å²) in [5, 5.41) is 3.50. The van der Waals surface area contributed by atoms with E-state index in [1.54, 1.807) is 0 Å². The van der Waals surface area contributed by atoms with E-state index in [0.29, 0.717) is 6.04 Å². The van der Waals surface area contributed by atoms with Crippen LogP contribution in [0.1, 0.15) is 55.3 Å². The molecule has 4 rings (SSSR count). The summed E-state index contributed by atoms with van der Waals surface area (Å²) in [6.07, 6.45) is 9.60. The number of rotatable bonds is 5. The summed E-state index contributed by atoms with van der Waals surface area (Å²) in [6, 6.07) is 2.82. The van der Waals surface area contributed by atoms with Gasteiger partial charge in [0, 0.05) is 30.5 Å². The van der Waals surface area contributed by atoms with E-state index in [9.17, 15) is 4.79 Å². The fourth-order valence-electron chi connectivity index (χ4n) is 3.80. The van der Waals surface area contributed by atoms with E-state index in [1.165, 1.54) is 36.9 Å². The van der Waals surface area contributed by atoms with Crippen molar-refractivity contribution in [3.05, 3.63) is 33.2 Å². The van der Waals surface area contributed by atoms with Gasteiger partial charge in [0.05, 0.1) is 12.6 Å². The first kappa shape index (κ1) is 14.5. The molecule has 2 heterocycles. The van der Waals surface area contributed by atoms with Gasteiger partial charge >= 0.3 is 0 Å². The summed E-state index contributed by atoms with van der Waals surface area (Å²) in [7, 11) is 0. The summed E-state index contributed by atoms with van der Waals surface area (Å²) in [5.74, 6) is 0. The highest BCUT2D eigenvalue weighted by atomic mass is 16.5. The second kappa shape index (κ2) is 6.17. The number of aryl methyl sites for hydroxylation is 1. The van der Waals surface area contributed by atoms with Crippen molar-refractivity contribution in [2.24, 2.45) is 0 Å². The van der Waals surface area contributed by atoms with Crippen LogP contribution in [0.15, 0.2) is 10.9 Å². The molecule has 2 fully saturated rings. The number of hydrogen-bond donors (Lipinski definition) is 1. The van der Waals surface area contributed by atoms with Crippen molar-refractivity contribution in [1.82, 2.24) is 9.88 Å². The topological polar surface area (TPSA) is 43.3 Å². The molecule has 0 bridgehead atoms. The lowest BCUT2D eigenvalue weighted by Crippen LogP contribution is -2.35. The van der Waals surface area contributed by atoms with Gasteiger partial charge < -0.3 is 14.6 Å². The first-order chi connectivity index (χ1) is 10.8. The molecule has 1 aromatic heterocycles.